The van der Waals surface area contributed by atoms with Crippen LogP contribution >= 0.6 is 0 Å². The maximum absolute atomic E-state index is 12.9. The second-order valence-electron chi connectivity index (χ2n) is 11.3. The third kappa shape index (κ3) is 6.27. The average Bonchev–Trinajstić information content (AvgIpc) is 3.55. The molecule has 5 rings (SSSR count). The van der Waals surface area contributed by atoms with Gasteiger partial charge in [-0.15, -0.1) is 10.2 Å². The Kier molecular flexibility index (Phi) is 8.10. The van der Waals surface area contributed by atoms with Crippen LogP contribution in [-0.4, -0.2) is 48.5 Å². The van der Waals surface area contributed by atoms with Crippen molar-refractivity contribution in [1.82, 2.24) is 24.6 Å². The number of carboxylic acid groups (broad SMARTS) is 1. The number of nitrogens with one attached hydrogen (secondary N) is 1. The zero-order valence-electron chi connectivity index (χ0n) is 24.0. The number of hydrogen-bond donors (Lipinski definition) is 2. The minimum absolute atomic E-state index is 0.451. The van der Waals surface area contributed by atoms with Gasteiger partial charge >= 0.3 is 6.09 Å². The van der Waals surface area contributed by atoms with E-state index in [0.29, 0.717) is 25.2 Å². The van der Waals surface area contributed by atoms with Gasteiger partial charge in [0.05, 0.1) is 19.7 Å². The molecule has 0 spiro atoms. The number of nitrogens with zero attached hydrogens (tertiary/aromatic N) is 4. The number of fused-ring (bicyclic) bond motifs is 1. The molecule has 8 heteroatoms. The summed E-state index contributed by atoms with van der Waals surface area (Å²) >= 11 is 0. The van der Waals surface area contributed by atoms with E-state index in [9.17, 15) is 9.90 Å². The Bertz CT molecular complexity index is 1600. The minimum atomic E-state index is -0.993. The quantitative estimate of drug-likeness (QED) is 0.202. The number of aromatic nitrogens is 4. The van der Waals surface area contributed by atoms with E-state index in [1.165, 1.54) is 10.5 Å². The van der Waals surface area contributed by atoms with Crippen molar-refractivity contribution in [2.24, 2.45) is 0 Å². The Hall–Kier alpha value is -4.59. The smallest absolute Gasteiger partial charge is 0.408 e. The van der Waals surface area contributed by atoms with Crippen molar-refractivity contribution in [2.45, 2.75) is 58.2 Å². The standard InChI is InChI=1S/C33H37N5O3/c1-33(2,3)38(32(39)40)29(20-25-21-34-28-13-9-8-12-27(25)28)31-36-35-30(19-16-23-10-6-5-7-11-23)37(31)22-24-14-17-26(41-4)18-15-24/h5-15,17-18,21,29,34H,16,19-20,22H2,1-4H3,(H,39,40)/t29-/m1/s1. The van der Waals surface area contributed by atoms with Crippen molar-refractivity contribution in [3.63, 3.8) is 0 Å². The normalized spacial score (nSPS) is 12.4. The van der Waals surface area contributed by atoms with Crippen molar-refractivity contribution in [3.8, 4) is 5.75 Å². The number of benzene rings is 3. The first kappa shape index (κ1) is 28.0. The molecule has 0 aliphatic rings. The molecule has 5 aromatic rings. The number of hydrogen-bond acceptors (Lipinski definition) is 4. The van der Waals surface area contributed by atoms with Crippen molar-refractivity contribution >= 4 is 17.0 Å². The van der Waals surface area contributed by atoms with Gasteiger partial charge in [0.15, 0.2) is 5.82 Å². The molecule has 41 heavy (non-hydrogen) atoms. The van der Waals surface area contributed by atoms with Gasteiger partial charge in [-0.2, -0.15) is 0 Å². The van der Waals surface area contributed by atoms with Crippen LogP contribution in [0.1, 0.15) is 55.2 Å². The van der Waals surface area contributed by atoms with Crippen molar-refractivity contribution in [3.05, 3.63) is 113 Å². The maximum atomic E-state index is 12.9. The fourth-order valence-electron chi connectivity index (χ4n) is 5.46. The van der Waals surface area contributed by atoms with Gasteiger partial charge in [0.25, 0.3) is 0 Å². The Morgan fingerprint density at radius 2 is 1.66 bits per heavy atom. The number of rotatable bonds is 10. The number of H-pyrrole nitrogens is 1. The lowest BCUT2D eigenvalue weighted by molar-refractivity contribution is 0.0656. The van der Waals surface area contributed by atoms with E-state index >= 15 is 0 Å². The first-order chi connectivity index (χ1) is 19.7. The maximum Gasteiger partial charge on any atom is 0.408 e. The highest BCUT2D eigenvalue weighted by atomic mass is 16.5. The van der Waals surface area contributed by atoms with Crippen LogP contribution < -0.4 is 4.74 Å². The summed E-state index contributed by atoms with van der Waals surface area (Å²) < 4.78 is 7.46. The summed E-state index contributed by atoms with van der Waals surface area (Å²) in [6, 6.07) is 25.7. The fourth-order valence-corrected chi connectivity index (χ4v) is 5.46. The van der Waals surface area contributed by atoms with Gasteiger partial charge in [-0.05, 0) is 62.1 Å². The van der Waals surface area contributed by atoms with E-state index in [-0.39, 0.29) is 0 Å². The molecule has 0 saturated carbocycles. The summed E-state index contributed by atoms with van der Waals surface area (Å²) in [5.74, 6) is 2.23. The number of aryl methyl sites for hydroxylation is 2. The third-order valence-corrected chi connectivity index (χ3v) is 7.46. The van der Waals surface area contributed by atoms with Gasteiger partial charge in [0, 0.05) is 35.5 Å². The second kappa shape index (κ2) is 11.9. The average molecular weight is 552 g/mol. The molecule has 0 aliphatic carbocycles. The SMILES string of the molecule is COc1ccc(Cn2c(CCc3ccccc3)nnc2[C@@H](Cc2c[nH]c3ccccc23)N(C(=O)O)C(C)(C)C)cc1. The zero-order chi connectivity index (χ0) is 29.0. The molecule has 0 unspecified atom stereocenters. The third-order valence-electron chi connectivity index (χ3n) is 7.46. The van der Waals surface area contributed by atoms with Gasteiger partial charge in [0.1, 0.15) is 11.6 Å². The molecule has 3 aromatic carbocycles. The van der Waals surface area contributed by atoms with E-state index in [0.717, 1.165) is 40.0 Å². The summed E-state index contributed by atoms with van der Waals surface area (Å²) in [4.78, 5) is 17.7. The van der Waals surface area contributed by atoms with E-state index in [1.54, 1.807) is 7.11 Å². The van der Waals surface area contributed by atoms with Crippen LogP contribution in [0.4, 0.5) is 4.79 Å². The van der Waals surface area contributed by atoms with E-state index in [4.69, 9.17) is 9.84 Å². The molecule has 2 heterocycles. The number of methoxy groups -OCH3 is 1. The zero-order valence-corrected chi connectivity index (χ0v) is 24.0. The molecule has 212 valence electrons. The number of amides is 1. The van der Waals surface area contributed by atoms with Crippen LogP contribution in [0.5, 0.6) is 5.75 Å². The summed E-state index contributed by atoms with van der Waals surface area (Å²) in [5.41, 5.74) is 3.64. The van der Waals surface area contributed by atoms with Gasteiger partial charge in [-0.3, -0.25) is 4.90 Å². The molecule has 0 radical (unpaired) electrons. The molecule has 1 atom stereocenters. The molecule has 0 fully saturated rings. The highest BCUT2D eigenvalue weighted by Gasteiger charge is 2.38. The minimum Gasteiger partial charge on any atom is -0.497 e. The van der Waals surface area contributed by atoms with Crippen molar-refractivity contribution in [2.75, 3.05) is 7.11 Å². The summed E-state index contributed by atoms with van der Waals surface area (Å²) in [6.45, 7) is 6.27. The summed E-state index contributed by atoms with van der Waals surface area (Å²) in [6.07, 6.45) is 2.91. The largest absolute Gasteiger partial charge is 0.497 e. The monoisotopic (exact) mass is 551 g/mol. The first-order valence-corrected chi connectivity index (χ1v) is 13.9. The predicted octanol–water partition coefficient (Wildman–Crippen LogP) is 6.66. The van der Waals surface area contributed by atoms with Crippen LogP contribution in [0.25, 0.3) is 10.9 Å². The molecule has 2 N–H and O–H groups in total. The topological polar surface area (TPSA) is 96.3 Å². The number of aromatic amines is 1. The van der Waals surface area contributed by atoms with Crippen LogP contribution in [-0.2, 0) is 25.8 Å². The van der Waals surface area contributed by atoms with E-state index in [1.807, 2.05) is 87.6 Å². The molecule has 1 amide bonds. The van der Waals surface area contributed by atoms with Gasteiger partial charge in [-0.25, -0.2) is 4.79 Å². The highest BCUT2D eigenvalue weighted by molar-refractivity contribution is 5.83. The Morgan fingerprint density at radius 1 is 0.951 bits per heavy atom. The Balaban J connectivity index is 1.60. The van der Waals surface area contributed by atoms with Gasteiger partial charge < -0.3 is 19.4 Å². The fraction of sp³-hybridized carbons (Fsp3) is 0.303. The Labute approximate surface area is 240 Å². The van der Waals surface area contributed by atoms with Gasteiger partial charge in [-0.1, -0.05) is 60.7 Å². The number of para-hydroxylation sites is 1. The lowest BCUT2D eigenvalue weighted by atomic mass is 9.97. The van der Waals surface area contributed by atoms with Crippen LogP contribution in [0.15, 0.2) is 85.1 Å². The molecular formula is C33H37N5O3. The van der Waals surface area contributed by atoms with Crippen LogP contribution in [0, 0.1) is 0 Å². The van der Waals surface area contributed by atoms with Crippen LogP contribution in [0.2, 0.25) is 0 Å². The summed E-state index contributed by atoms with van der Waals surface area (Å²) in [7, 11) is 1.65. The lowest BCUT2D eigenvalue weighted by Gasteiger charge is -2.39. The lowest BCUT2D eigenvalue weighted by Crippen LogP contribution is -2.48. The van der Waals surface area contributed by atoms with Crippen molar-refractivity contribution < 1.29 is 14.6 Å². The first-order valence-electron chi connectivity index (χ1n) is 13.9. The molecule has 0 aliphatic heterocycles. The van der Waals surface area contributed by atoms with Crippen LogP contribution in [0.3, 0.4) is 0 Å². The van der Waals surface area contributed by atoms with Crippen molar-refractivity contribution in [1.29, 1.82) is 0 Å². The highest BCUT2D eigenvalue weighted by Crippen LogP contribution is 2.34. The van der Waals surface area contributed by atoms with E-state index in [2.05, 4.69) is 32.8 Å². The molecule has 0 bridgehead atoms. The molecule has 2 aromatic heterocycles. The van der Waals surface area contributed by atoms with Gasteiger partial charge in [0.2, 0.25) is 0 Å². The Morgan fingerprint density at radius 3 is 2.34 bits per heavy atom. The van der Waals surface area contributed by atoms with E-state index < -0.39 is 17.7 Å². The predicted molar refractivity (Wildman–Crippen MR) is 160 cm³/mol. The molecular weight excluding hydrogens is 514 g/mol. The molecule has 0 saturated heterocycles. The summed E-state index contributed by atoms with van der Waals surface area (Å²) in [5, 5.41) is 21.0. The molecule has 8 nitrogen and oxygen atoms in total. The number of ether oxygens (including phenoxy) is 1. The number of carbonyl (C=O) groups is 1. The second-order valence-corrected chi connectivity index (χ2v) is 11.3.